The summed E-state index contributed by atoms with van der Waals surface area (Å²) in [6, 6.07) is 7.68. The molecule has 0 saturated carbocycles. The average molecular weight is 373 g/mol. The Hall–Kier alpha value is -2.22. The van der Waals surface area contributed by atoms with E-state index in [9.17, 15) is 9.59 Å². The van der Waals surface area contributed by atoms with E-state index in [-0.39, 0.29) is 23.8 Å². The Morgan fingerprint density at radius 1 is 1.23 bits per heavy atom. The number of amides is 1. The maximum Gasteiger partial charge on any atom is 0.233 e. The van der Waals surface area contributed by atoms with Crippen molar-refractivity contribution >= 4 is 23.5 Å². The lowest BCUT2D eigenvalue weighted by atomic mass is 9.98. The molecule has 2 aromatic rings. The van der Waals surface area contributed by atoms with Crippen molar-refractivity contribution in [1.29, 1.82) is 0 Å². The molecule has 1 aromatic carbocycles. The molecule has 0 radical (unpaired) electrons. The number of thioether (sulfide) groups is 1. The van der Waals surface area contributed by atoms with Crippen molar-refractivity contribution in [3.63, 3.8) is 0 Å². The lowest BCUT2D eigenvalue weighted by Gasteiger charge is -2.39. The van der Waals surface area contributed by atoms with Gasteiger partial charge in [-0.1, -0.05) is 23.9 Å². The molecule has 1 aromatic heterocycles. The van der Waals surface area contributed by atoms with Gasteiger partial charge in [-0.05, 0) is 62.6 Å². The first kappa shape index (κ1) is 18.6. The molecule has 0 N–H and O–H groups in total. The van der Waals surface area contributed by atoms with Crippen LogP contribution in [0.25, 0.3) is 5.69 Å². The largest absolute Gasteiger partial charge is 0.337 e. The van der Waals surface area contributed by atoms with Crippen LogP contribution < -0.4 is 0 Å². The van der Waals surface area contributed by atoms with Crippen molar-refractivity contribution in [3.8, 4) is 5.69 Å². The molecule has 7 nitrogen and oxygen atoms in total. The molecule has 0 spiro atoms. The number of piperidine rings is 1. The predicted molar refractivity (Wildman–Crippen MR) is 99.5 cm³/mol. The van der Waals surface area contributed by atoms with E-state index in [2.05, 4.69) is 29.4 Å². The minimum absolute atomic E-state index is 0.0163. The van der Waals surface area contributed by atoms with Gasteiger partial charge in [0.1, 0.15) is 0 Å². The molecule has 0 bridgehead atoms. The summed E-state index contributed by atoms with van der Waals surface area (Å²) in [6.45, 7) is 5.74. The summed E-state index contributed by atoms with van der Waals surface area (Å²) in [5.41, 5.74) is 1.30. The number of nitrogens with zero attached hydrogens (tertiary/aromatic N) is 5. The minimum atomic E-state index is -0.0163. The van der Waals surface area contributed by atoms with Gasteiger partial charge in [-0.3, -0.25) is 9.59 Å². The fourth-order valence-electron chi connectivity index (χ4n) is 3.40. The van der Waals surface area contributed by atoms with Gasteiger partial charge < -0.3 is 4.90 Å². The number of carbonyl (C=O) groups is 2. The first-order valence-corrected chi connectivity index (χ1v) is 9.79. The third-order valence-corrected chi connectivity index (χ3v) is 5.65. The smallest absolute Gasteiger partial charge is 0.233 e. The number of Topliss-reactive ketones (excluding diaryl/α,β-unsaturated/α-hetero) is 1. The fraction of sp³-hybridized carbons (Fsp3) is 0.500. The Balaban J connectivity index is 1.72. The van der Waals surface area contributed by atoms with E-state index in [0.29, 0.717) is 22.2 Å². The summed E-state index contributed by atoms with van der Waals surface area (Å²) >= 11 is 1.32. The van der Waals surface area contributed by atoms with Crippen molar-refractivity contribution in [2.24, 2.45) is 0 Å². The van der Waals surface area contributed by atoms with Gasteiger partial charge in [-0.15, -0.1) is 5.10 Å². The number of ketones is 1. The van der Waals surface area contributed by atoms with Gasteiger partial charge in [0, 0.05) is 17.6 Å². The molecule has 0 unspecified atom stereocenters. The maximum atomic E-state index is 12.7. The molecule has 1 aliphatic heterocycles. The van der Waals surface area contributed by atoms with Crippen LogP contribution in [-0.4, -0.2) is 54.6 Å². The van der Waals surface area contributed by atoms with Crippen LogP contribution in [0.4, 0.5) is 0 Å². The van der Waals surface area contributed by atoms with Crippen molar-refractivity contribution in [2.75, 3.05) is 5.75 Å². The molecule has 8 heteroatoms. The molecule has 2 atom stereocenters. The van der Waals surface area contributed by atoms with Crippen LogP contribution in [0.2, 0.25) is 0 Å². The first-order chi connectivity index (χ1) is 12.5. The SMILES string of the molecule is CC(=O)c1cccc(-n2nnnc2SCC(=O)N2[C@H](C)CCC[C@H]2C)c1. The van der Waals surface area contributed by atoms with Crippen LogP contribution in [-0.2, 0) is 4.79 Å². The van der Waals surface area contributed by atoms with Crippen LogP contribution in [0.1, 0.15) is 50.4 Å². The highest BCUT2D eigenvalue weighted by Gasteiger charge is 2.29. The fourth-order valence-corrected chi connectivity index (χ4v) is 4.16. The van der Waals surface area contributed by atoms with Crippen LogP contribution in [0.5, 0.6) is 0 Å². The maximum absolute atomic E-state index is 12.7. The molecule has 1 fully saturated rings. The standard InChI is InChI=1S/C18H23N5O2S/c1-12-6-4-7-13(2)22(12)17(25)11-26-18-19-20-21-23(18)16-9-5-8-15(10-16)14(3)24/h5,8-10,12-13H,4,6-7,11H2,1-3H3/t12-,13-/m1/s1. The van der Waals surface area contributed by atoms with E-state index >= 15 is 0 Å². The van der Waals surface area contributed by atoms with Gasteiger partial charge >= 0.3 is 0 Å². The Labute approximate surface area is 157 Å². The lowest BCUT2D eigenvalue weighted by Crippen LogP contribution is -2.48. The third kappa shape index (κ3) is 3.95. The molecule has 1 saturated heterocycles. The number of likely N-dealkylation sites (tertiary alicyclic amines) is 1. The van der Waals surface area contributed by atoms with E-state index in [1.165, 1.54) is 25.1 Å². The topological polar surface area (TPSA) is 81.0 Å². The zero-order valence-electron chi connectivity index (χ0n) is 15.3. The predicted octanol–water partition coefficient (Wildman–Crippen LogP) is 2.75. The molecular weight excluding hydrogens is 350 g/mol. The highest BCUT2D eigenvalue weighted by atomic mass is 32.2. The Kier molecular flexibility index (Phi) is 5.70. The number of aromatic nitrogens is 4. The Morgan fingerprint density at radius 2 is 1.96 bits per heavy atom. The lowest BCUT2D eigenvalue weighted by molar-refractivity contribution is -0.134. The first-order valence-electron chi connectivity index (χ1n) is 8.81. The third-order valence-electron chi connectivity index (χ3n) is 4.74. The summed E-state index contributed by atoms with van der Waals surface area (Å²) in [4.78, 5) is 26.3. The van der Waals surface area contributed by atoms with Crippen molar-refractivity contribution in [1.82, 2.24) is 25.1 Å². The molecule has 3 rings (SSSR count). The number of benzene rings is 1. The second-order valence-electron chi connectivity index (χ2n) is 6.70. The second-order valence-corrected chi connectivity index (χ2v) is 7.64. The zero-order chi connectivity index (χ0) is 18.7. The normalized spacial score (nSPS) is 20.2. The van der Waals surface area contributed by atoms with Gasteiger partial charge in [0.05, 0.1) is 11.4 Å². The Bertz CT molecular complexity index is 796. The summed E-state index contributed by atoms with van der Waals surface area (Å²) in [7, 11) is 0. The van der Waals surface area contributed by atoms with Crippen LogP contribution in [0, 0.1) is 0 Å². The van der Waals surface area contributed by atoms with E-state index in [1.807, 2.05) is 11.0 Å². The summed E-state index contributed by atoms with van der Waals surface area (Å²) in [5.74, 6) is 0.390. The Morgan fingerprint density at radius 3 is 2.65 bits per heavy atom. The zero-order valence-corrected chi connectivity index (χ0v) is 16.1. The number of rotatable bonds is 5. The second kappa shape index (κ2) is 7.99. The van der Waals surface area contributed by atoms with Gasteiger partial charge in [0.25, 0.3) is 0 Å². The van der Waals surface area contributed by atoms with Gasteiger partial charge in [-0.25, -0.2) is 0 Å². The minimum Gasteiger partial charge on any atom is -0.337 e. The molecule has 26 heavy (non-hydrogen) atoms. The number of hydrogen-bond acceptors (Lipinski definition) is 6. The van der Waals surface area contributed by atoms with Gasteiger partial charge in [0.2, 0.25) is 11.1 Å². The molecule has 138 valence electrons. The average Bonchev–Trinajstić information content (AvgIpc) is 3.08. The monoisotopic (exact) mass is 373 g/mol. The highest BCUT2D eigenvalue weighted by Crippen LogP contribution is 2.25. The van der Waals surface area contributed by atoms with Crippen molar-refractivity contribution in [3.05, 3.63) is 29.8 Å². The van der Waals surface area contributed by atoms with E-state index in [4.69, 9.17) is 0 Å². The summed E-state index contributed by atoms with van der Waals surface area (Å²) in [5, 5.41) is 12.3. The van der Waals surface area contributed by atoms with Crippen LogP contribution in [0.3, 0.4) is 0 Å². The quantitative estimate of drug-likeness (QED) is 0.592. The summed E-state index contributed by atoms with van der Waals surface area (Å²) < 4.78 is 1.56. The van der Waals surface area contributed by atoms with E-state index < -0.39 is 0 Å². The molecule has 1 amide bonds. The molecule has 1 aliphatic rings. The molecule has 2 heterocycles. The number of tetrazole rings is 1. The van der Waals surface area contributed by atoms with Gasteiger partial charge in [0.15, 0.2) is 5.78 Å². The van der Waals surface area contributed by atoms with Gasteiger partial charge in [-0.2, -0.15) is 4.68 Å². The van der Waals surface area contributed by atoms with Crippen molar-refractivity contribution < 1.29 is 9.59 Å². The number of carbonyl (C=O) groups excluding carboxylic acids is 2. The van der Waals surface area contributed by atoms with E-state index in [0.717, 1.165) is 12.8 Å². The van der Waals surface area contributed by atoms with Crippen molar-refractivity contribution in [2.45, 2.75) is 57.3 Å². The molecular formula is C18H23N5O2S. The highest BCUT2D eigenvalue weighted by molar-refractivity contribution is 7.99. The van der Waals surface area contributed by atoms with Crippen LogP contribution >= 0.6 is 11.8 Å². The number of hydrogen-bond donors (Lipinski definition) is 0. The van der Waals surface area contributed by atoms with Crippen LogP contribution in [0.15, 0.2) is 29.4 Å². The summed E-state index contributed by atoms with van der Waals surface area (Å²) in [6.07, 6.45) is 3.27. The molecule has 0 aliphatic carbocycles. The van der Waals surface area contributed by atoms with E-state index in [1.54, 1.807) is 22.9 Å².